The van der Waals surface area contributed by atoms with E-state index in [1.54, 1.807) is 20.8 Å². The Kier molecular flexibility index (Phi) is 5.83. The smallest absolute Gasteiger partial charge is 0.412 e. The lowest BCUT2D eigenvalue weighted by molar-refractivity contribution is -0.153. The third-order valence-corrected chi connectivity index (χ3v) is 4.76. The molecular weight excluding hydrogens is 379 g/mol. The number of rotatable bonds is 3. The van der Waals surface area contributed by atoms with E-state index < -0.39 is 28.3 Å². The first-order chi connectivity index (χ1) is 8.93. The van der Waals surface area contributed by atoms with Gasteiger partial charge in [-0.3, -0.25) is 0 Å². The van der Waals surface area contributed by atoms with Gasteiger partial charge in [-0.25, -0.2) is 0 Å². The van der Waals surface area contributed by atoms with Crippen LogP contribution in [-0.4, -0.2) is 15.5 Å². The van der Waals surface area contributed by atoms with Crippen LogP contribution in [-0.2, 0) is 11.4 Å². The minimum Gasteiger partial charge on any atom is -0.598 e. The summed E-state index contributed by atoms with van der Waals surface area (Å²) in [6.07, 6.45) is -4.60. The number of nitrogens with one attached hydrogen (secondary N) is 1. The maximum absolute atomic E-state index is 13.2. The summed E-state index contributed by atoms with van der Waals surface area (Å²) in [5.74, 6) is 0. The molecule has 2 nitrogen and oxygen atoms in total. The van der Waals surface area contributed by atoms with Gasteiger partial charge in [-0.1, -0.05) is 33.6 Å². The molecule has 114 valence electrons. The van der Waals surface area contributed by atoms with Gasteiger partial charge in [0.25, 0.3) is 0 Å². The largest absolute Gasteiger partial charge is 0.598 e. The summed E-state index contributed by atoms with van der Waals surface area (Å²) < 4.78 is 53.3. The molecule has 0 aliphatic rings. The third-order valence-electron chi connectivity index (χ3n) is 2.38. The van der Waals surface area contributed by atoms with Crippen LogP contribution < -0.4 is 4.72 Å². The molecule has 0 aromatic heterocycles. The van der Waals surface area contributed by atoms with Gasteiger partial charge in [0.1, 0.15) is 4.75 Å². The molecule has 0 fully saturated rings. The second kappa shape index (κ2) is 6.44. The predicted octanol–water partition coefficient (Wildman–Crippen LogP) is 4.76. The van der Waals surface area contributed by atoms with Crippen LogP contribution in [0.4, 0.5) is 13.2 Å². The lowest BCUT2D eigenvalue weighted by atomic mass is 10.1. The van der Waals surface area contributed by atoms with Crippen molar-refractivity contribution >= 4 is 38.9 Å². The minimum absolute atomic E-state index is 0.0416. The van der Waals surface area contributed by atoms with Crippen molar-refractivity contribution in [2.75, 3.05) is 0 Å². The van der Waals surface area contributed by atoms with E-state index in [1.165, 1.54) is 18.2 Å². The zero-order valence-electron chi connectivity index (χ0n) is 11.0. The highest BCUT2D eigenvalue weighted by Crippen LogP contribution is 2.38. The summed E-state index contributed by atoms with van der Waals surface area (Å²) in [4.78, 5) is 0. The fourth-order valence-corrected chi connectivity index (χ4v) is 2.94. The summed E-state index contributed by atoms with van der Waals surface area (Å²) in [5, 5.41) is -0.0416. The summed E-state index contributed by atoms with van der Waals surface area (Å²) in [5.41, 5.74) is -0.153. The number of halogens is 5. The van der Waals surface area contributed by atoms with Crippen molar-refractivity contribution in [2.24, 2.45) is 0 Å². The molecule has 0 aliphatic heterocycles. The van der Waals surface area contributed by atoms with Crippen LogP contribution in [0.5, 0.6) is 0 Å². The molecular formula is C12H14BrClF3NOS. The average molecular weight is 393 g/mol. The molecule has 1 N–H and O–H groups in total. The number of hydrogen-bond donors (Lipinski definition) is 1. The second-order valence-electron chi connectivity index (χ2n) is 5.14. The van der Waals surface area contributed by atoms with Gasteiger partial charge in [0.2, 0.25) is 0 Å². The number of benzene rings is 1. The molecule has 0 spiro atoms. The Morgan fingerprint density at radius 3 is 2.25 bits per heavy atom. The predicted molar refractivity (Wildman–Crippen MR) is 79.0 cm³/mol. The van der Waals surface area contributed by atoms with E-state index >= 15 is 0 Å². The van der Waals surface area contributed by atoms with E-state index in [2.05, 4.69) is 20.7 Å². The molecule has 1 rings (SSSR count). The number of hydrogen-bond acceptors (Lipinski definition) is 2. The van der Waals surface area contributed by atoms with Crippen LogP contribution in [0.25, 0.3) is 0 Å². The summed E-state index contributed by atoms with van der Waals surface area (Å²) in [6, 6.07) is 2.01. The summed E-state index contributed by atoms with van der Waals surface area (Å²) in [7, 11) is 0. The van der Waals surface area contributed by atoms with E-state index in [9.17, 15) is 17.7 Å². The van der Waals surface area contributed by atoms with Crippen molar-refractivity contribution in [1.82, 2.24) is 4.72 Å². The molecule has 20 heavy (non-hydrogen) atoms. The van der Waals surface area contributed by atoms with E-state index in [-0.39, 0.29) is 10.6 Å². The lowest BCUT2D eigenvalue weighted by Gasteiger charge is -2.29. The van der Waals surface area contributed by atoms with Crippen LogP contribution in [0.15, 0.2) is 22.7 Å². The Morgan fingerprint density at radius 2 is 1.85 bits per heavy atom. The maximum Gasteiger partial charge on any atom is 0.412 e. The first kappa shape index (κ1) is 18.1. The molecule has 0 radical (unpaired) electrons. The lowest BCUT2D eigenvalue weighted by Crippen LogP contribution is -2.45. The summed E-state index contributed by atoms with van der Waals surface area (Å²) in [6.45, 7) is 4.77. The maximum atomic E-state index is 13.2. The molecule has 2 atom stereocenters. The molecule has 8 heteroatoms. The fraction of sp³-hybridized carbons (Fsp3) is 0.500. The van der Waals surface area contributed by atoms with Crippen molar-refractivity contribution in [3.63, 3.8) is 0 Å². The molecule has 1 unspecified atom stereocenters. The van der Waals surface area contributed by atoms with Gasteiger partial charge < -0.3 is 4.55 Å². The molecule has 0 bridgehead atoms. The zero-order chi connectivity index (χ0) is 15.7. The molecule has 0 heterocycles. The van der Waals surface area contributed by atoms with Crippen LogP contribution in [0.2, 0.25) is 5.02 Å². The molecule has 0 aliphatic carbocycles. The van der Waals surface area contributed by atoms with Gasteiger partial charge in [-0.15, -0.1) is 4.72 Å². The van der Waals surface area contributed by atoms with Gasteiger partial charge in [0.15, 0.2) is 6.04 Å². The summed E-state index contributed by atoms with van der Waals surface area (Å²) >= 11 is 7.12. The van der Waals surface area contributed by atoms with Crippen molar-refractivity contribution in [3.05, 3.63) is 33.3 Å². The fourth-order valence-electron chi connectivity index (χ4n) is 1.33. The Morgan fingerprint density at radius 1 is 1.30 bits per heavy atom. The van der Waals surface area contributed by atoms with Crippen LogP contribution >= 0.6 is 27.5 Å². The van der Waals surface area contributed by atoms with E-state index in [1.807, 2.05) is 0 Å². The van der Waals surface area contributed by atoms with Crippen molar-refractivity contribution in [2.45, 2.75) is 37.7 Å². The quantitative estimate of drug-likeness (QED) is 0.753. The zero-order valence-corrected chi connectivity index (χ0v) is 14.2. The standard InChI is InChI=1S/C12H14BrClF3NOS/c1-11(2,3)20(19)18-10(12(15,16)17)8-5-4-7(13)6-9(8)14/h4-6,10,18H,1-3H3/t10-,20?/m0/s1. The minimum atomic E-state index is -4.60. The Labute approximate surface area is 132 Å². The van der Waals surface area contributed by atoms with Crippen LogP contribution in [0.1, 0.15) is 32.4 Å². The first-order valence-electron chi connectivity index (χ1n) is 5.62. The Hall–Kier alpha value is 0.0500. The third kappa shape index (κ3) is 4.80. The number of alkyl halides is 3. The highest BCUT2D eigenvalue weighted by Gasteiger charge is 2.46. The molecule has 1 aromatic carbocycles. The topological polar surface area (TPSA) is 35.1 Å². The van der Waals surface area contributed by atoms with Crippen molar-refractivity contribution in [1.29, 1.82) is 0 Å². The Bertz CT molecular complexity index is 479. The highest BCUT2D eigenvalue weighted by atomic mass is 79.9. The van der Waals surface area contributed by atoms with Gasteiger partial charge in [-0.2, -0.15) is 13.2 Å². The monoisotopic (exact) mass is 391 g/mol. The molecule has 0 amide bonds. The van der Waals surface area contributed by atoms with Gasteiger partial charge in [0, 0.05) is 26.4 Å². The van der Waals surface area contributed by atoms with Crippen LogP contribution in [0.3, 0.4) is 0 Å². The molecule has 0 saturated carbocycles. The van der Waals surface area contributed by atoms with Gasteiger partial charge in [-0.05, 0) is 32.9 Å². The van der Waals surface area contributed by atoms with Gasteiger partial charge >= 0.3 is 6.18 Å². The Balaban J connectivity index is 3.14. The van der Waals surface area contributed by atoms with Gasteiger partial charge in [0.05, 0.1) is 0 Å². The van der Waals surface area contributed by atoms with E-state index in [4.69, 9.17) is 11.6 Å². The SMILES string of the molecule is CC(C)(C)[S+]([O-])N[C@@H](c1ccc(Br)cc1Cl)C(F)(F)F. The molecule has 0 saturated heterocycles. The highest BCUT2D eigenvalue weighted by molar-refractivity contribution is 9.10. The normalized spacial score (nSPS) is 16.1. The van der Waals surface area contributed by atoms with Crippen LogP contribution in [0, 0.1) is 0 Å². The van der Waals surface area contributed by atoms with Crippen molar-refractivity contribution in [3.8, 4) is 0 Å². The first-order valence-corrected chi connectivity index (χ1v) is 7.94. The second-order valence-corrected chi connectivity index (χ2v) is 8.46. The van der Waals surface area contributed by atoms with E-state index in [0.717, 1.165) is 0 Å². The molecule has 1 aromatic rings. The average Bonchev–Trinajstić information content (AvgIpc) is 2.23. The van der Waals surface area contributed by atoms with Crippen molar-refractivity contribution < 1.29 is 17.7 Å². The van der Waals surface area contributed by atoms with E-state index in [0.29, 0.717) is 4.47 Å².